The molecule has 0 bridgehead atoms. The number of nitrogens with one attached hydrogen (secondary N) is 1. The first-order chi connectivity index (χ1) is 15.4. The fraction of sp³-hybridized carbons (Fsp3) is 0.0909. The number of halogens is 2. The van der Waals surface area contributed by atoms with Crippen LogP contribution in [0.25, 0.3) is 0 Å². The van der Waals surface area contributed by atoms with Gasteiger partial charge in [0.1, 0.15) is 10.8 Å². The van der Waals surface area contributed by atoms with E-state index in [1.165, 1.54) is 48.3 Å². The Labute approximate surface area is 185 Å². The van der Waals surface area contributed by atoms with Crippen LogP contribution in [0.5, 0.6) is 5.75 Å². The van der Waals surface area contributed by atoms with Crippen molar-refractivity contribution in [3.05, 3.63) is 84.1 Å². The third kappa shape index (κ3) is 6.61. The van der Waals surface area contributed by atoms with Gasteiger partial charge in [0, 0.05) is 16.7 Å². The maximum Gasteiger partial charge on any atom is 0.387 e. The number of carbonyl (C=O) groups excluding carboxylic acids is 3. The molecule has 32 heavy (non-hydrogen) atoms. The van der Waals surface area contributed by atoms with Crippen molar-refractivity contribution in [2.75, 3.05) is 6.61 Å². The van der Waals surface area contributed by atoms with Crippen molar-refractivity contribution in [2.24, 2.45) is 0 Å². The molecule has 0 radical (unpaired) electrons. The summed E-state index contributed by atoms with van der Waals surface area (Å²) in [4.78, 5) is 41.6. The van der Waals surface area contributed by atoms with Gasteiger partial charge in [0.25, 0.3) is 11.8 Å². The van der Waals surface area contributed by atoms with E-state index in [0.29, 0.717) is 5.03 Å². The molecule has 0 aliphatic carbocycles. The molecule has 1 heterocycles. The number of aromatic nitrogens is 1. The van der Waals surface area contributed by atoms with Crippen molar-refractivity contribution in [3.63, 3.8) is 0 Å². The molecule has 10 heteroatoms. The molecular weight excluding hydrogens is 442 g/mol. The zero-order valence-corrected chi connectivity index (χ0v) is 17.2. The number of rotatable bonds is 8. The fourth-order valence-corrected chi connectivity index (χ4v) is 3.35. The summed E-state index contributed by atoms with van der Waals surface area (Å²) < 4.78 is 33.5. The number of hydrogen-bond donors (Lipinski definition) is 1. The van der Waals surface area contributed by atoms with E-state index >= 15 is 0 Å². The Morgan fingerprint density at radius 3 is 2.38 bits per heavy atom. The van der Waals surface area contributed by atoms with Crippen molar-refractivity contribution < 1.29 is 32.6 Å². The van der Waals surface area contributed by atoms with Gasteiger partial charge in [0.2, 0.25) is 0 Å². The Balaban J connectivity index is 1.55. The summed E-state index contributed by atoms with van der Waals surface area (Å²) in [6.45, 7) is -3.68. The van der Waals surface area contributed by atoms with Gasteiger partial charge in [-0.3, -0.25) is 14.9 Å². The van der Waals surface area contributed by atoms with Crippen LogP contribution in [-0.2, 0) is 9.53 Å². The van der Waals surface area contributed by atoms with Gasteiger partial charge in [-0.25, -0.2) is 9.78 Å². The van der Waals surface area contributed by atoms with Crippen LogP contribution in [0.3, 0.4) is 0 Å². The molecule has 164 valence electrons. The van der Waals surface area contributed by atoms with Gasteiger partial charge >= 0.3 is 12.6 Å². The molecule has 0 saturated carbocycles. The minimum Gasteiger partial charge on any atom is -0.452 e. The summed E-state index contributed by atoms with van der Waals surface area (Å²) in [5.74, 6) is -2.53. The Hall–Kier alpha value is -3.79. The molecule has 0 saturated heterocycles. The van der Waals surface area contributed by atoms with Gasteiger partial charge in [-0.15, -0.1) is 0 Å². The predicted molar refractivity (Wildman–Crippen MR) is 111 cm³/mol. The van der Waals surface area contributed by atoms with E-state index in [4.69, 9.17) is 4.74 Å². The Morgan fingerprint density at radius 1 is 0.969 bits per heavy atom. The molecule has 0 aliphatic rings. The first-order valence-corrected chi connectivity index (χ1v) is 9.98. The van der Waals surface area contributed by atoms with Crippen molar-refractivity contribution in [1.82, 2.24) is 10.3 Å². The second-order valence-electron chi connectivity index (χ2n) is 6.13. The average Bonchev–Trinajstić information content (AvgIpc) is 2.78. The predicted octanol–water partition coefficient (Wildman–Crippen LogP) is 3.95. The number of imide groups is 1. The SMILES string of the molecule is O=C(COC(=O)c1cccnc1Sc1ccccc1)NC(=O)c1ccc(OC(F)F)cc1. The molecule has 0 fully saturated rings. The van der Waals surface area contributed by atoms with Crippen LogP contribution in [0.15, 0.2) is 82.8 Å². The highest BCUT2D eigenvalue weighted by molar-refractivity contribution is 7.99. The summed E-state index contributed by atoms with van der Waals surface area (Å²) in [5, 5.41) is 2.46. The van der Waals surface area contributed by atoms with Gasteiger partial charge < -0.3 is 9.47 Å². The van der Waals surface area contributed by atoms with Gasteiger partial charge in [-0.05, 0) is 48.5 Å². The summed E-state index contributed by atoms with van der Waals surface area (Å²) in [6.07, 6.45) is 1.53. The number of nitrogens with zero attached hydrogens (tertiary/aromatic N) is 1. The number of ether oxygens (including phenoxy) is 2. The van der Waals surface area contributed by atoms with Gasteiger partial charge in [-0.1, -0.05) is 30.0 Å². The van der Waals surface area contributed by atoms with Crippen LogP contribution in [0.1, 0.15) is 20.7 Å². The van der Waals surface area contributed by atoms with Crippen LogP contribution in [0.2, 0.25) is 0 Å². The van der Waals surface area contributed by atoms with Crippen molar-refractivity contribution in [1.29, 1.82) is 0 Å². The van der Waals surface area contributed by atoms with Crippen LogP contribution < -0.4 is 10.1 Å². The fourth-order valence-electron chi connectivity index (χ4n) is 2.46. The van der Waals surface area contributed by atoms with E-state index in [9.17, 15) is 23.2 Å². The Bertz CT molecular complexity index is 1090. The highest BCUT2D eigenvalue weighted by Crippen LogP contribution is 2.28. The monoisotopic (exact) mass is 458 g/mol. The number of alkyl halides is 2. The minimum atomic E-state index is -2.99. The summed E-state index contributed by atoms with van der Waals surface area (Å²) in [7, 11) is 0. The lowest BCUT2D eigenvalue weighted by Crippen LogP contribution is -2.34. The number of esters is 1. The number of amides is 2. The lowest BCUT2D eigenvalue weighted by Gasteiger charge is -2.09. The third-order valence-electron chi connectivity index (χ3n) is 3.88. The molecule has 2 amide bonds. The zero-order chi connectivity index (χ0) is 22.9. The molecule has 0 atom stereocenters. The van der Waals surface area contributed by atoms with Crippen molar-refractivity contribution >= 4 is 29.5 Å². The van der Waals surface area contributed by atoms with Crippen molar-refractivity contribution in [2.45, 2.75) is 16.5 Å². The first-order valence-electron chi connectivity index (χ1n) is 9.16. The van der Waals surface area contributed by atoms with E-state index in [1.54, 1.807) is 6.07 Å². The normalized spacial score (nSPS) is 10.5. The molecular formula is C22H16F2N2O5S. The second-order valence-corrected chi connectivity index (χ2v) is 7.19. The summed E-state index contributed by atoms with van der Waals surface area (Å²) in [5.41, 5.74) is 0.218. The topological polar surface area (TPSA) is 94.6 Å². The smallest absolute Gasteiger partial charge is 0.387 e. The molecule has 0 unspecified atom stereocenters. The highest BCUT2D eigenvalue weighted by atomic mass is 32.2. The van der Waals surface area contributed by atoms with Crippen LogP contribution in [-0.4, -0.2) is 36.0 Å². The molecule has 1 aromatic heterocycles. The average molecular weight is 458 g/mol. The molecule has 1 N–H and O–H groups in total. The van der Waals surface area contributed by atoms with Gasteiger partial charge in [0.05, 0.1) is 5.56 Å². The summed E-state index contributed by atoms with van der Waals surface area (Å²) in [6, 6.07) is 17.1. The first kappa shape index (κ1) is 22.9. The second kappa shape index (κ2) is 11.0. The van der Waals surface area contributed by atoms with Crippen LogP contribution in [0.4, 0.5) is 8.78 Å². The summed E-state index contributed by atoms with van der Waals surface area (Å²) >= 11 is 1.27. The quantitative estimate of drug-likeness (QED) is 0.511. The minimum absolute atomic E-state index is 0.0418. The molecule has 3 aromatic rings. The zero-order valence-electron chi connectivity index (χ0n) is 16.4. The van der Waals surface area contributed by atoms with E-state index in [0.717, 1.165) is 4.90 Å². The third-order valence-corrected chi connectivity index (χ3v) is 4.90. The largest absolute Gasteiger partial charge is 0.452 e. The van der Waals surface area contributed by atoms with E-state index in [-0.39, 0.29) is 16.9 Å². The highest BCUT2D eigenvalue weighted by Gasteiger charge is 2.18. The number of carbonyl (C=O) groups is 3. The van der Waals surface area contributed by atoms with Gasteiger partial charge in [0.15, 0.2) is 6.61 Å². The number of benzene rings is 2. The Kier molecular flexibility index (Phi) is 7.87. The molecule has 7 nitrogen and oxygen atoms in total. The van der Waals surface area contributed by atoms with Crippen molar-refractivity contribution in [3.8, 4) is 5.75 Å². The molecule has 2 aromatic carbocycles. The van der Waals surface area contributed by atoms with E-state index < -0.39 is 31.0 Å². The van der Waals surface area contributed by atoms with E-state index in [2.05, 4.69) is 15.0 Å². The molecule has 3 rings (SSSR count). The van der Waals surface area contributed by atoms with Gasteiger partial charge in [-0.2, -0.15) is 8.78 Å². The number of pyridine rings is 1. The maximum atomic E-state index is 12.4. The maximum absolute atomic E-state index is 12.4. The van der Waals surface area contributed by atoms with Crippen LogP contribution in [0, 0.1) is 0 Å². The standard InChI is InChI=1S/C22H16F2N2O5S/c23-22(24)31-15-10-8-14(9-11-15)19(28)26-18(27)13-30-21(29)17-7-4-12-25-20(17)32-16-5-2-1-3-6-16/h1-12,22H,13H2,(H,26,27,28). The Morgan fingerprint density at radius 2 is 1.69 bits per heavy atom. The van der Waals surface area contributed by atoms with E-state index in [1.807, 2.05) is 30.3 Å². The lowest BCUT2D eigenvalue weighted by atomic mass is 10.2. The molecule has 0 aliphatic heterocycles. The molecule has 0 spiro atoms. The number of hydrogen-bond acceptors (Lipinski definition) is 7. The van der Waals surface area contributed by atoms with Crippen LogP contribution >= 0.6 is 11.8 Å². The lowest BCUT2D eigenvalue weighted by molar-refractivity contribution is -0.123.